The highest BCUT2D eigenvalue weighted by Gasteiger charge is 2.35. The van der Waals surface area contributed by atoms with Crippen molar-refractivity contribution in [3.05, 3.63) is 229 Å². The van der Waals surface area contributed by atoms with Gasteiger partial charge in [-0.3, -0.25) is 0 Å². The standard InChI is InChI=1S/C37H26N2.C21H18/c1-25-16-19-35-31(22-25)33-24-27(18-21-37(33)39(35)29-12-6-3-7-13-29)26-17-20-36-32(23-26)30-14-8-9-15-34(30)38(36)28-10-4-2-5-11-28;1-21(2)19-11-7-6-10-17(19)18-14-16(12-13-20(18)21)15-8-4-3-5-9-15/h2-24H,1H3;3-14H,1-2H3. The van der Waals surface area contributed by atoms with Crippen LogP contribution in [0.1, 0.15) is 30.5 Å². The van der Waals surface area contributed by atoms with Gasteiger partial charge in [-0.25, -0.2) is 0 Å². The fourth-order valence-corrected chi connectivity index (χ4v) is 9.71. The van der Waals surface area contributed by atoms with E-state index in [4.69, 9.17) is 0 Å². The highest BCUT2D eigenvalue weighted by molar-refractivity contribution is 6.12. The van der Waals surface area contributed by atoms with Crippen molar-refractivity contribution in [2.75, 3.05) is 0 Å². The summed E-state index contributed by atoms with van der Waals surface area (Å²) in [5, 5.41) is 5.12. The van der Waals surface area contributed by atoms with Crippen molar-refractivity contribution < 1.29 is 0 Å². The van der Waals surface area contributed by atoms with Crippen LogP contribution in [0.15, 0.2) is 212 Å². The van der Waals surface area contributed by atoms with Crippen LogP contribution in [-0.2, 0) is 5.41 Å². The van der Waals surface area contributed by atoms with Gasteiger partial charge in [0.25, 0.3) is 0 Å². The van der Waals surface area contributed by atoms with Crippen LogP contribution in [0.25, 0.3) is 88.4 Å². The van der Waals surface area contributed by atoms with Gasteiger partial charge >= 0.3 is 0 Å². The highest BCUT2D eigenvalue weighted by Crippen LogP contribution is 2.49. The van der Waals surface area contributed by atoms with E-state index >= 15 is 0 Å². The first kappa shape index (κ1) is 35.7. The van der Waals surface area contributed by atoms with Crippen molar-refractivity contribution in [3.8, 4) is 44.8 Å². The number of para-hydroxylation sites is 3. The molecule has 0 spiro atoms. The lowest BCUT2D eigenvalue weighted by Crippen LogP contribution is -2.14. The predicted octanol–water partition coefficient (Wildman–Crippen LogP) is 15.5. The highest BCUT2D eigenvalue weighted by atomic mass is 15.0. The lowest BCUT2D eigenvalue weighted by atomic mass is 9.82. The monoisotopic (exact) mass is 768 g/mol. The number of rotatable bonds is 4. The van der Waals surface area contributed by atoms with E-state index in [2.05, 4.69) is 242 Å². The zero-order valence-electron chi connectivity index (χ0n) is 34.1. The molecule has 2 aromatic heterocycles. The Bertz CT molecular complexity index is 3390. The van der Waals surface area contributed by atoms with Crippen LogP contribution >= 0.6 is 0 Å². The molecule has 0 bridgehead atoms. The Kier molecular flexibility index (Phi) is 8.42. The molecule has 0 amide bonds. The van der Waals surface area contributed by atoms with E-state index in [1.165, 1.54) is 105 Å². The summed E-state index contributed by atoms with van der Waals surface area (Å²) in [7, 11) is 0. The molecule has 0 saturated heterocycles. The molecule has 2 heterocycles. The van der Waals surface area contributed by atoms with Crippen LogP contribution in [0.3, 0.4) is 0 Å². The molecule has 0 radical (unpaired) electrons. The molecule has 9 aromatic carbocycles. The molecule has 60 heavy (non-hydrogen) atoms. The van der Waals surface area contributed by atoms with Gasteiger partial charge in [-0.15, -0.1) is 0 Å². The van der Waals surface area contributed by atoms with Crippen LogP contribution in [-0.4, -0.2) is 9.13 Å². The van der Waals surface area contributed by atoms with E-state index in [9.17, 15) is 0 Å². The summed E-state index contributed by atoms with van der Waals surface area (Å²) in [6, 6.07) is 76.9. The van der Waals surface area contributed by atoms with Gasteiger partial charge in [0.2, 0.25) is 0 Å². The molecule has 0 aliphatic heterocycles. The Morgan fingerprint density at radius 3 is 1.42 bits per heavy atom. The molecule has 0 unspecified atom stereocenters. The van der Waals surface area contributed by atoms with E-state index in [-0.39, 0.29) is 5.41 Å². The summed E-state index contributed by atoms with van der Waals surface area (Å²) in [5.74, 6) is 0. The fourth-order valence-electron chi connectivity index (χ4n) is 9.71. The lowest BCUT2D eigenvalue weighted by molar-refractivity contribution is 0.660. The van der Waals surface area contributed by atoms with Gasteiger partial charge < -0.3 is 9.13 Å². The average molecular weight is 769 g/mol. The van der Waals surface area contributed by atoms with Gasteiger partial charge in [0.05, 0.1) is 22.1 Å². The minimum atomic E-state index is 0.0984. The SMILES string of the molecule is CC1(C)c2ccccc2-c2cc(-c3ccccc3)ccc21.Cc1ccc2c(c1)c1cc(-c3ccc4c(c3)c3ccccc3n4-c3ccccc3)ccc1n2-c1ccccc1. The number of aryl methyl sites for hydroxylation is 1. The molecular formula is C58H44N2. The average Bonchev–Trinajstić information content (AvgIpc) is 3.89. The van der Waals surface area contributed by atoms with Crippen molar-refractivity contribution in [3.63, 3.8) is 0 Å². The first-order valence-corrected chi connectivity index (χ1v) is 20.9. The Balaban J connectivity index is 0.000000164. The zero-order chi connectivity index (χ0) is 40.4. The van der Waals surface area contributed by atoms with Crippen LogP contribution in [0, 0.1) is 6.92 Å². The molecule has 0 fully saturated rings. The van der Waals surface area contributed by atoms with E-state index in [1.807, 2.05) is 0 Å². The van der Waals surface area contributed by atoms with Crippen molar-refractivity contribution in [2.24, 2.45) is 0 Å². The predicted molar refractivity (Wildman–Crippen MR) is 255 cm³/mol. The minimum Gasteiger partial charge on any atom is -0.309 e. The normalized spacial score (nSPS) is 12.7. The molecular weight excluding hydrogens is 725 g/mol. The summed E-state index contributed by atoms with van der Waals surface area (Å²) in [4.78, 5) is 0. The second-order valence-corrected chi connectivity index (χ2v) is 16.6. The number of aromatic nitrogens is 2. The molecule has 286 valence electrons. The van der Waals surface area contributed by atoms with E-state index in [1.54, 1.807) is 0 Å². The summed E-state index contributed by atoms with van der Waals surface area (Å²) >= 11 is 0. The van der Waals surface area contributed by atoms with Gasteiger partial charge in [0.15, 0.2) is 0 Å². The number of fused-ring (bicyclic) bond motifs is 9. The maximum Gasteiger partial charge on any atom is 0.0541 e. The Morgan fingerprint density at radius 1 is 0.317 bits per heavy atom. The van der Waals surface area contributed by atoms with E-state index in [0.29, 0.717) is 0 Å². The minimum absolute atomic E-state index is 0.0984. The number of nitrogens with zero attached hydrogens (tertiary/aromatic N) is 2. The molecule has 0 saturated carbocycles. The Labute approximate surface area is 351 Å². The molecule has 0 atom stereocenters. The summed E-state index contributed by atoms with van der Waals surface area (Å²) in [6.07, 6.45) is 0. The largest absolute Gasteiger partial charge is 0.309 e. The topological polar surface area (TPSA) is 9.86 Å². The molecule has 0 N–H and O–H groups in total. The van der Waals surface area contributed by atoms with Crippen molar-refractivity contribution >= 4 is 43.6 Å². The van der Waals surface area contributed by atoms with Crippen LogP contribution < -0.4 is 0 Å². The lowest BCUT2D eigenvalue weighted by Gasteiger charge is -2.21. The molecule has 12 rings (SSSR count). The maximum absolute atomic E-state index is 2.38. The molecule has 1 aliphatic carbocycles. The third kappa shape index (κ3) is 5.79. The van der Waals surface area contributed by atoms with Crippen LogP contribution in [0.2, 0.25) is 0 Å². The second-order valence-electron chi connectivity index (χ2n) is 16.6. The van der Waals surface area contributed by atoms with E-state index in [0.717, 1.165) is 0 Å². The van der Waals surface area contributed by atoms with Crippen molar-refractivity contribution in [2.45, 2.75) is 26.2 Å². The Morgan fingerprint density at radius 2 is 0.767 bits per heavy atom. The first-order chi connectivity index (χ1) is 29.4. The first-order valence-electron chi connectivity index (χ1n) is 20.9. The molecule has 11 aromatic rings. The molecule has 2 nitrogen and oxygen atoms in total. The number of benzene rings is 9. The number of hydrogen-bond acceptors (Lipinski definition) is 0. The quantitative estimate of drug-likeness (QED) is 0.169. The van der Waals surface area contributed by atoms with Crippen molar-refractivity contribution in [1.82, 2.24) is 9.13 Å². The van der Waals surface area contributed by atoms with Gasteiger partial charge in [0, 0.05) is 38.3 Å². The summed E-state index contributed by atoms with van der Waals surface area (Å²) in [5.41, 5.74) is 19.3. The van der Waals surface area contributed by atoms with E-state index < -0.39 is 0 Å². The molecule has 1 aliphatic rings. The van der Waals surface area contributed by atoms with Gasteiger partial charge in [-0.05, 0) is 124 Å². The van der Waals surface area contributed by atoms with Crippen LogP contribution in [0.5, 0.6) is 0 Å². The van der Waals surface area contributed by atoms with Gasteiger partial charge in [-0.2, -0.15) is 0 Å². The van der Waals surface area contributed by atoms with Crippen molar-refractivity contribution in [1.29, 1.82) is 0 Å². The third-order valence-corrected chi connectivity index (χ3v) is 12.6. The fraction of sp³-hybridized carbons (Fsp3) is 0.0690. The Hall–Kier alpha value is -7.42. The smallest absolute Gasteiger partial charge is 0.0541 e. The zero-order valence-corrected chi connectivity index (χ0v) is 34.1. The second kappa shape index (κ2) is 14.1. The maximum atomic E-state index is 2.38. The van der Waals surface area contributed by atoms with Gasteiger partial charge in [-0.1, -0.05) is 159 Å². The van der Waals surface area contributed by atoms with Crippen LogP contribution in [0.4, 0.5) is 0 Å². The van der Waals surface area contributed by atoms with Gasteiger partial charge in [0.1, 0.15) is 0 Å². The summed E-state index contributed by atoms with van der Waals surface area (Å²) < 4.78 is 4.75. The molecule has 2 heteroatoms. The number of hydrogen-bond donors (Lipinski definition) is 0. The summed E-state index contributed by atoms with van der Waals surface area (Å²) in [6.45, 7) is 6.81. The third-order valence-electron chi connectivity index (χ3n) is 12.6.